The number of hydrogen-bond acceptors (Lipinski definition) is 4. The maximum Gasteiger partial charge on any atom is 0.234 e. The van der Waals surface area contributed by atoms with Gasteiger partial charge in [0.05, 0.1) is 11.8 Å². The van der Waals surface area contributed by atoms with E-state index >= 15 is 0 Å². The van der Waals surface area contributed by atoms with Crippen LogP contribution in [0.1, 0.15) is 25.0 Å². The smallest absolute Gasteiger partial charge is 0.234 e. The molecule has 22 heavy (non-hydrogen) atoms. The molecule has 2 aromatic rings. The summed E-state index contributed by atoms with van der Waals surface area (Å²) in [5.41, 5.74) is 1.99. The van der Waals surface area contributed by atoms with E-state index < -0.39 is 5.41 Å². The average molecular weight is 296 g/mol. The fourth-order valence-electron chi connectivity index (χ4n) is 2.45. The van der Waals surface area contributed by atoms with Crippen LogP contribution in [0.25, 0.3) is 0 Å². The SMILES string of the molecule is CC1(C)C(=O)Nc2ccc(CC(=O)Nc3ncccn3)cc21. The molecule has 0 spiro atoms. The molecule has 6 heteroatoms. The van der Waals surface area contributed by atoms with Gasteiger partial charge in [-0.2, -0.15) is 0 Å². The molecule has 1 aromatic carbocycles. The highest BCUT2D eigenvalue weighted by Crippen LogP contribution is 2.37. The maximum absolute atomic E-state index is 12.0. The van der Waals surface area contributed by atoms with E-state index in [-0.39, 0.29) is 24.2 Å². The lowest BCUT2D eigenvalue weighted by Gasteiger charge is -2.15. The fraction of sp³-hybridized carbons (Fsp3) is 0.250. The second-order valence-corrected chi connectivity index (χ2v) is 5.76. The van der Waals surface area contributed by atoms with E-state index in [4.69, 9.17) is 0 Å². The quantitative estimate of drug-likeness (QED) is 0.906. The zero-order valence-corrected chi connectivity index (χ0v) is 12.4. The van der Waals surface area contributed by atoms with Crippen molar-refractivity contribution in [3.05, 3.63) is 47.8 Å². The van der Waals surface area contributed by atoms with Crippen molar-refractivity contribution in [3.8, 4) is 0 Å². The Bertz CT molecular complexity index is 741. The van der Waals surface area contributed by atoms with Crippen molar-refractivity contribution < 1.29 is 9.59 Å². The van der Waals surface area contributed by atoms with E-state index in [2.05, 4.69) is 20.6 Å². The molecule has 0 aliphatic carbocycles. The van der Waals surface area contributed by atoms with Crippen LogP contribution in [0, 0.1) is 0 Å². The molecule has 2 amide bonds. The van der Waals surface area contributed by atoms with Crippen LogP contribution in [-0.4, -0.2) is 21.8 Å². The molecule has 6 nitrogen and oxygen atoms in total. The minimum Gasteiger partial charge on any atom is -0.325 e. The summed E-state index contributed by atoms with van der Waals surface area (Å²) in [5.74, 6) is 0.0638. The second kappa shape index (κ2) is 5.22. The summed E-state index contributed by atoms with van der Waals surface area (Å²) >= 11 is 0. The van der Waals surface area contributed by atoms with Gasteiger partial charge in [0.15, 0.2) is 0 Å². The molecule has 0 saturated heterocycles. The van der Waals surface area contributed by atoms with Crippen molar-refractivity contribution in [2.75, 3.05) is 10.6 Å². The Kier molecular flexibility index (Phi) is 3.36. The Labute approximate surface area is 128 Å². The topological polar surface area (TPSA) is 84.0 Å². The molecular weight excluding hydrogens is 280 g/mol. The van der Waals surface area contributed by atoms with Crippen LogP contribution < -0.4 is 10.6 Å². The van der Waals surface area contributed by atoms with Crippen molar-refractivity contribution in [2.45, 2.75) is 25.7 Å². The minimum absolute atomic E-state index is 0.0261. The second-order valence-electron chi connectivity index (χ2n) is 5.76. The van der Waals surface area contributed by atoms with Crippen LogP contribution in [-0.2, 0) is 21.4 Å². The number of nitrogens with zero attached hydrogens (tertiary/aromatic N) is 2. The molecule has 0 fully saturated rings. The van der Waals surface area contributed by atoms with Gasteiger partial charge in [-0.15, -0.1) is 0 Å². The molecule has 1 aliphatic heterocycles. The standard InChI is InChI=1S/C16H16N4O2/c1-16(2)11-8-10(4-5-12(11)19-14(16)22)9-13(21)20-15-17-6-3-7-18-15/h3-8H,9H2,1-2H3,(H,19,22)(H,17,18,20,21). The van der Waals surface area contributed by atoms with Gasteiger partial charge in [-0.3, -0.25) is 14.9 Å². The lowest BCUT2D eigenvalue weighted by atomic mass is 9.85. The first-order chi connectivity index (χ1) is 10.5. The number of fused-ring (bicyclic) bond motifs is 1. The van der Waals surface area contributed by atoms with Gasteiger partial charge >= 0.3 is 0 Å². The minimum atomic E-state index is -0.579. The molecule has 1 aliphatic rings. The molecule has 112 valence electrons. The van der Waals surface area contributed by atoms with E-state index in [1.54, 1.807) is 18.5 Å². The van der Waals surface area contributed by atoms with Crippen LogP contribution in [0.5, 0.6) is 0 Å². The predicted octanol–water partition coefficient (Wildman–Crippen LogP) is 1.89. The van der Waals surface area contributed by atoms with Crippen LogP contribution in [0.2, 0.25) is 0 Å². The first-order valence-electron chi connectivity index (χ1n) is 6.98. The monoisotopic (exact) mass is 296 g/mol. The van der Waals surface area contributed by atoms with E-state index in [1.165, 1.54) is 0 Å². The number of carbonyl (C=O) groups excluding carboxylic acids is 2. The normalized spacial score (nSPS) is 15.1. The first kappa shape index (κ1) is 14.2. The molecule has 0 atom stereocenters. The molecule has 0 bridgehead atoms. The maximum atomic E-state index is 12.0. The molecule has 0 unspecified atom stereocenters. The number of rotatable bonds is 3. The van der Waals surface area contributed by atoms with Gasteiger partial charge in [0.2, 0.25) is 17.8 Å². The van der Waals surface area contributed by atoms with E-state index in [9.17, 15) is 9.59 Å². The first-order valence-corrected chi connectivity index (χ1v) is 6.98. The Balaban J connectivity index is 1.76. The molecule has 0 radical (unpaired) electrons. The lowest BCUT2D eigenvalue weighted by molar-refractivity contribution is -0.119. The van der Waals surface area contributed by atoms with Crippen LogP contribution >= 0.6 is 0 Å². The third-order valence-corrected chi connectivity index (χ3v) is 3.75. The van der Waals surface area contributed by atoms with Gasteiger partial charge in [-0.05, 0) is 37.1 Å². The molecular formula is C16H16N4O2. The summed E-state index contributed by atoms with van der Waals surface area (Å²) in [6.07, 6.45) is 3.34. The van der Waals surface area contributed by atoms with Gasteiger partial charge in [-0.25, -0.2) is 9.97 Å². The van der Waals surface area contributed by atoms with Crippen molar-refractivity contribution >= 4 is 23.5 Å². The highest BCUT2D eigenvalue weighted by Gasteiger charge is 2.38. The van der Waals surface area contributed by atoms with Gasteiger partial charge < -0.3 is 5.32 Å². The van der Waals surface area contributed by atoms with E-state index in [1.807, 2.05) is 32.0 Å². The zero-order valence-electron chi connectivity index (χ0n) is 12.4. The van der Waals surface area contributed by atoms with Gasteiger partial charge in [-0.1, -0.05) is 12.1 Å². The molecule has 3 rings (SSSR count). The molecule has 2 N–H and O–H groups in total. The number of carbonyl (C=O) groups is 2. The van der Waals surface area contributed by atoms with Crippen LogP contribution in [0.3, 0.4) is 0 Å². The summed E-state index contributed by atoms with van der Waals surface area (Å²) < 4.78 is 0. The lowest BCUT2D eigenvalue weighted by Crippen LogP contribution is -2.27. The Morgan fingerprint density at radius 3 is 2.73 bits per heavy atom. The summed E-state index contributed by atoms with van der Waals surface area (Å²) in [4.78, 5) is 31.9. The average Bonchev–Trinajstić information content (AvgIpc) is 2.71. The number of hydrogen-bond donors (Lipinski definition) is 2. The van der Waals surface area contributed by atoms with Gasteiger partial charge in [0.1, 0.15) is 0 Å². The highest BCUT2D eigenvalue weighted by molar-refractivity contribution is 6.05. The van der Waals surface area contributed by atoms with Gasteiger partial charge in [0, 0.05) is 18.1 Å². The number of nitrogens with one attached hydrogen (secondary N) is 2. The Hall–Kier alpha value is -2.76. The Morgan fingerprint density at radius 2 is 2.00 bits per heavy atom. The fourth-order valence-corrected chi connectivity index (χ4v) is 2.45. The summed E-state index contributed by atoms with van der Waals surface area (Å²) in [6, 6.07) is 7.26. The summed E-state index contributed by atoms with van der Waals surface area (Å²) in [7, 11) is 0. The van der Waals surface area contributed by atoms with Crippen molar-refractivity contribution in [2.24, 2.45) is 0 Å². The highest BCUT2D eigenvalue weighted by atomic mass is 16.2. The van der Waals surface area contributed by atoms with Crippen molar-refractivity contribution in [1.82, 2.24) is 9.97 Å². The van der Waals surface area contributed by atoms with Gasteiger partial charge in [0.25, 0.3) is 0 Å². The molecule has 1 aromatic heterocycles. The number of aromatic nitrogens is 2. The van der Waals surface area contributed by atoms with Crippen molar-refractivity contribution in [3.63, 3.8) is 0 Å². The Morgan fingerprint density at radius 1 is 1.27 bits per heavy atom. The number of benzene rings is 1. The predicted molar refractivity (Wildman–Crippen MR) is 82.5 cm³/mol. The zero-order chi connectivity index (χ0) is 15.7. The van der Waals surface area contributed by atoms with Crippen LogP contribution in [0.4, 0.5) is 11.6 Å². The molecule has 2 heterocycles. The summed E-state index contributed by atoms with van der Waals surface area (Å²) in [5, 5.41) is 5.49. The third kappa shape index (κ3) is 2.55. The number of amides is 2. The third-order valence-electron chi connectivity index (χ3n) is 3.75. The largest absolute Gasteiger partial charge is 0.325 e. The van der Waals surface area contributed by atoms with Crippen LogP contribution in [0.15, 0.2) is 36.7 Å². The summed E-state index contributed by atoms with van der Waals surface area (Å²) in [6.45, 7) is 3.74. The number of anilines is 2. The van der Waals surface area contributed by atoms with E-state index in [0.717, 1.165) is 16.8 Å². The van der Waals surface area contributed by atoms with E-state index in [0.29, 0.717) is 0 Å². The van der Waals surface area contributed by atoms with Crippen molar-refractivity contribution in [1.29, 1.82) is 0 Å². The molecule has 0 saturated carbocycles.